The molecule has 0 aromatic heterocycles. The highest BCUT2D eigenvalue weighted by Gasteiger charge is 2.16. The molecule has 0 bridgehead atoms. The first-order valence-electron chi connectivity index (χ1n) is 5.74. The number of piperidine rings is 1. The second kappa shape index (κ2) is 5.82. The lowest BCUT2D eigenvalue weighted by atomic mass is 10.0. The van der Waals surface area contributed by atoms with Crippen molar-refractivity contribution in [1.82, 2.24) is 10.0 Å². The van der Waals surface area contributed by atoms with E-state index in [1.807, 2.05) is 0 Å². The van der Waals surface area contributed by atoms with Gasteiger partial charge in [0.05, 0.1) is 5.25 Å². The fourth-order valence-corrected chi connectivity index (χ4v) is 2.45. The van der Waals surface area contributed by atoms with E-state index < -0.39 is 10.0 Å². The molecule has 1 saturated heterocycles. The zero-order chi connectivity index (χ0) is 11.3. The van der Waals surface area contributed by atoms with Crippen LogP contribution in [0.1, 0.15) is 39.5 Å². The highest BCUT2D eigenvalue weighted by Crippen LogP contribution is 2.09. The van der Waals surface area contributed by atoms with E-state index in [-0.39, 0.29) is 5.25 Å². The van der Waals surface area contributed by atoms with Crippen molar-refractivity contribution in [2.24, 2.45) is 0 Å². The van der Waals surface area contributed by atoms with Gasteiger partial charge in [-0.1, -0.05) is 6.42 Å². The first kappa shape index (κ1) is 12.9. The maximum atomic E-state index is 11.4. The highest BCUT2D eigenvalue weighted by atomic mass is 32.2. The van der Waals surface area contributed by atoms with Gasteiger partial charge in [-0.2, -0.15) is 0 Å². The second-order valence-corrected chi connectivity index (χ2v) is 6.75. The number of hydrogen-bond acceptors (Lipinski definition) is 3. The van der Waals surface area contributed by atoms with Crippen LogP contribution in [-0.2, 0) is 10.0 Å². The van der Waals surface area contributed by atoms with Gasteiger partial charge in [-0.3, -0.25) is 0 Å². The zero-order valence-electron chi connectivity index (χ0n) is 9.62. The molecule has 0 aromatic rings. The van der Waals surface area contributed by atoms with Crippen molar-refractivity contribution in [2.45, 2.75) is 50.8 Å². The van der Waals surface area contributed by atoms with E-state index in [0.29, 0.717) is 12.6 Å². The summed E-state index contributed by atoms with van der Waals surface area (Å²) in [5.41, 5.74) is 0. The fraction of sp³-hybridized carbons (Fsp3) is 1.00. The average molecular weight is 234 g/mol. The molecule has 1 aliphatic heterocycles. The SMILES string of the molecule is CC(C)S(=O)(=O)NCCC1CCCCN1. The molecule has 1 unspecified atom stereocenters. The van der Waals surface area contributed by atoms with E-state index in [0.717, 1.165) is 13.0 Å². The topological polar surface area (TPSA) is 58.2 Å². The number of nitrogens with one attached hydrogen (secondary N) is 2. The lowest BCUT2D eigenvalue weighted by Crippen LogP contribution is -2.38. The Kier molecular flexibility index (Phi) is 5.02. The van der Waals surface area contributed by atoms with Gasteiger partial charge in [-0.25, -0.2) is 13.1 Å². The Hall–Kier alpha value is -0.130. The molecule has 0 aromatic carbocycles. The summed E-state index contributed by atoms with van der Waals surface area (Å²) in [5.74, 6) is 0. The van der Waals surface area contributed by atoms with Crippen molar-refractivity contribution in [2.75, 3.05) is 13.1 Å². The van der Waals surface area contributed by atoms with Crippen LogP contribution in [0.25, 0.3) is 0 Å². The minimum atomic E-state index is -3.08. The van der Waals surface area contributed by atoms with Gasteiger partial charge >= 0.3 is 0 Å². The van der Waals surface area contributed by atoms with E-state index >= 15 is 0 Å². The van der Waals surface area contributed by atoms with Gasteiger partial charge in [-0.15, -0.1) is 0 Å². The Morgan fingerprint density at radius 1 is 1.40 bits per heavy atom. The molecule has 1 aliphatic rings. The van der Waals surface area contributed by atoms with Gasteiger partial charge in [0.25, 0.3) is 0 Å². The Morgan fingerprint density at radius 3 is 2.67 bits per heavy atom. The molecule has 4 nitrogen and oxygen atoms in total. The van der Waals surface area contributed by atoms with Crippen LogP contribution in [0.15, 0.2) is 0 Å². The van der Waals surface area contributed by atoms with E-state index in [4.69, 9.17) is 0 Å². The van der Waals surface area contributed by atoms with Crippen molar-refractivity contribution in [3.63, 3.8) is 0 Å². The van der Waals surface area contributed by atoms with E-state index in [1.54, 1.807) is 13.8 Å². The normalized spacial score (nSPS) is 23.3. The fourth-order valence-electron chi connectivity index (χ4n) is 1.71. The van der Waals surface area contributed by atoms with Crippen molar-refractivity contribution in [3.8, 4) is 0 Å². The van der Waals surface area contributed by atoms with Crippen LogP contribution in [0.2, 0.25) is 0 Å². The van der Waals surface area contributed by atoms with Gasteiger partial charge in [-0.05, 0) is 39.7 Å². The predicted molar refractivity (Wildman–Crippen MR) is 62.3 cm³/mol. The van der Waals surface area contributed by atoms with Crippen molar-refractivity contribution >= 4 is 10.0 Å². The summed E-state index contributed by atoms with van der Waals surface area (Å²) >= 11 is 0. The molecule has 0 radical (unpaired) electrons. The summed E-state index contributed by atoms with van der Waals surface area (Å²) in [4.78, 5) is 0. The minimum absolute atomic E-state index is 0.336. The molecule has 1 rings (SSSR count). The molecule has 0 amide bonds. The Morgan fingerprint density at radius 2 is 2.13 bits per heavy atom. The smallest absolute Gasteiger partial charge is 0.213 e. The Balaban J connectivity index is 2.20. The molecular weight excluding hydrogens is 212 g/mol. The summed E-state index contributed by atoms with van der Waals surface area (Å²) in [6.45, 7) is 5.02. The molecule has 5 heteroatoms. The largest absolute Gasteiger partial charge is 0.314 e. The minimum Gasteiger partial charge on any atom is -0.314 e. The van der Waals surface area contributed by atoms with Crippen LogP contribution in [0.3, 0.4) is 0 Å². The average Bonchev–Trinajstić information content (AvgIpc) is 2.19. The molecule has 0 saturated carbocycles. The maximum absolute atomic E-state index is 11.4. The standard InChI is InChI=1S/C10H22N2O2S/c1-9(2)15(13,14)12-8-6-10-5-3-4-7-11-10/h9-12H,3-8H2,1-2H3. The van der Waals surface area contributed by atoms with Gasteiger partial charge in [0, 0.05) is 12.6 Å². The van der Waals surface area contributed by atoms with Gasteiger partial charge < -0.3 is 5.32 Å². The van der Waals surface area contributed by atoms with Crippen LogP contribution >= 0.6 is 0 Å². The molecule has 15 heavy (non-hydrogen) atoms. The highest BCUT2D eigenvalue weighted by molar-refractivity contribution is 7.90. The third kappa shape index (κ3) is 4.49. The molecule has 90 valence electrons. The van der Waals surface area contributed by atoms with Crippen LogP contribution in [0, 0.1) is 0 Å². The van der Waals surface area contributed by atoms with Crippen LogP contribution in [-0.4, -0.2) is 32.8 Å². The molecule has 2 N–H and O–H groups in total. The van der Waals surface area contributed by atoms with E-state index in [2.05, 4.69) is 10.0 Å². The second-order valence-electron chi connectivity index (χ2n) is 4.42. The summed E-state index contributed by atoms with van der Waals surface area (Å²) in [6.07, 6.45) is 4.57. The lowest BCUT2D eigenvalue weighted by molar-refractivity contribution is 0.382. The lowest BCUT2D eigenvalue weighted by Gasteiger charge is -2.23. The Bertz CT molecular complexity index is 269. The van der Waals surface area contributed by atoms with Gasteiger partial charge in [0.2, 0.25) is 10.0 Å². The summed E-state index contributed by atoms with van der Waals surface area (Å²) < 4.78 is 25.5. The molecule has 0 spiro atoms. The predicted octanol–water partition coefficient (Wildman–Crippen LogP) is 0.846. The maximum Gasteiger partial charge on any atom is 0.213 e. The third-order valence-electron chi connectivity index (χ3n) is 2.83. The molecule has 0 aliphatic carbocycles. The van der Waals surface area contributed by atoms with Crippen LogP contribution in [0.5, 0.6) is 0 Å². The first-order valence-corrected chi connectivity index (χ1v) is 7.29. The molecule has 1 fully saturated rings. The van der Waals surface area contributed by atoms with Gasteiger partial charge in [0.1, 0.15) is 0 Å². The number of rotatable bonds is 5. The first-order chi connectivity index (χ1) is 7.02. The van der Waals surface area contributed by atoms with Crippen LogP contribution in [0.4, 0.5) is 0 Å². The third-order valence-corrected chi connectivity index (χ3v) is 4.68. The summed E-state index contributed by atoms with van der Waals surface area (Å²) in [5, 5.41) is 3.06. The quantitative estimate of drug-likeness (QED) is 0.741. The van der Waals surface area contributed by atoms with Gasteiger partial charge in [0.15, 0.2) is 0 Å². The van der Waals surface area contributed by atoms with Crippen LogP contribution < -0.4 is 10.0 Å². The zero-order valence-corrected chi connectivity index (χ0v) is 10.4. The summed E-state index contributed by atoms with van der Waals surface area (Å²) in [6, 6.07) is 0.494. The molecule has 1 atom stereocenters. The Labute approximate surface area is 92.9 Å². The molecular formula is C10H22N2O2S. The number of sulfonamides is 1. The van der Waals surface area contributed by atoms with E-state index in [9.17, 15) is 8.42 Å². The molecule has 1 heterocycles. The van der Waals surface area contributed by atoms with Crippen molar-refractivity contribution in [1.29, 1.82) is 0 Å². The monoisotopic (exact) mass is 234 g/mol. The van der Waals surface area contributed by atoms with E-state index in [1.165, 1.54) is 19.3 Å². The number of hydrogen-bond donors (Lipinski definition) is 2. The van der Waals surface area contributed by atoms with Crippen molar-refractivity contribution < 1.29 is 8.42 Å². The summed E-state index contributed by atoms with van der Waals surface area (Å²) in [7, 11) is -3.08. The van der Waals surface area contributed by atoms with Crippen molar-refractivity contribution in [3.05, 3.63) is 0 Å².